The molecule has 1 saturated heterocycles. The highest BCUT2D eigenvalue weighted by atomic mass is 79.9. The van der Waals surface area contributed by atoms with Gasteiger partial charge in [-0.3, -0.25) is 0 Å². The van der Waals surface area contributed by atoms with E-state index in [1.54, 1.807) is 0 Å². The van der Waals surface area contributed by atoms with Gasteiger partial charge in [0.15, 0.2) is 0 Å². The summed E-state index contributed by atoms with van der Waals surface area (Å²) < 4.78 is 1.13. The van der Waals surface area contributed by atoms with Gasteiger partial charge >= 0.3 is 0 Å². The fraction of sp³-hybridized carbons (Fsp3) is 0.455. The molecule has 2 heteroatoms. The highest BCUT2D eigenvalue weighted by Crippen LogP contribution is 2.26. The van der Waals surface area contributed by atoms with Crippen molar-refractivity contribution in [1.29, 1.82) is 0 Å². The summed E-state index contributed by atoms with van der Waals surface area (Å²) >= 11 is 3.50. The van der Waals surface area contributed by atoms with Gasteiger partial charge in [-0.05, 0) is 79.6 Å². The molecule has 0 aliphatic carbocycles. The van der Waals surface area contributed by atoms with Gasteiger partial charge in [-0.25, -0.2) is 0 Å². The minimum absolute atomic E-state index is 0.628. The van der Waals surface area contributed by atoms with Crippen LogP contribution in [0.25, 0.3) is 11.1 Å². The molecule has 2 aromatic rings. The number of rotatable bonds is 5. The SMILES string of the molecule is CC1CCN(CCC(C)c2ccc(-c3ccc(Br)cc3)cc2)CC1. The largest absolute Gasteiger partial charge is 0.303 e. The Morgan fingerprint density at radius 2 is 1.50 bits per heavy atom. The van der Waals surface area contributed by atoms with Gasteiger partial charge in [-0.2, -0.15) is 0 Å². The lowest BCUT2D eigenvalue weighted by Crippen LogP contribution is -2.34. The van der Waals surface area contributed by atoms with Crippen LogP contribution in [0.15, 0.2) is 53.0 Å². The molecule has 0 saturated carbocycles. The van der Waals surface area contributed by atoms with Crippen LogP contribution < -0.4 is 0 Å². The fourth-order valence-corrected chi connectivity index (χ4v) is 3.74. The molecular formula is C22H28BrN. The van der Waals surface area contributed by atoms with Gasteiger partial charge in [0.2, 0.25) is 0 Å². The first-order valence-corrected chi connectivity index (χ1v) is 9.99. The highest BCUT2D eigenvalue weighted by Gasteiger charge is 2.16. The van der Waals surface area contributed by atoms with Crippen LogP contribution >= 0.6 is 15.9 Å². The Bertz CT molecular complexity index is 624. The minimum Gasteiger partial charge on any atom is -0.303 e. The van der Waals surface area contributed by atoms with Gasteiger partial charge in [0.25, 0.3) is 0 Å². The molecule has 0 aromatic heterocycles. The van der Waals surface area contributed by atoms with E-state index >= 15 is 0 Å². The summed E-state index contributed by atoms with van der Waals surface area (Å²) in [4.78, 5) is 2.65. The van der Waals surface area contributed by atoms with Gasteiger partial charge in [0.05, 0.1) is 0 Å². The monoisotopic (exact) mass is 385 g/mol. The molecule has 128 valence electrons. The number of nitrogens with zero attached hydrogens (tertiary/aromatic N) is 1. The lowest BCUT2D eigenvalue weighted by Gasteiger charge is -2.31. The molecule has 1 heterocycles. The molecule has 0 bridgehead atoms. The van der Waals surface area contributed by atoms with E-state index in [2.05, 4.69) is 83.2 Å². The molecule has 0 N–H and O–H groups in total. The Labute approximate surface area is 155 Å². The van der Waals surface area contributed by atoms with Gasteiger partial charge in [-0.15, -0.1) is 0 Å². The highest BCUT2D eigenvalue weighted by molar-refractivity contribution is 9.10. The maximum absolute atomic E-state index is 3.50. The fourth-order valence-electron chi connectivity index (χ4n) is 3.48. The molecule has 0 spiro atoms. The lowest BCUT2D eigenvalue weighted by molar-refractivity contribution is 0.187. The molecule has 0 amide bonds. The molecule has 1 atom stereocenters. The summed E-state index contributed by atoms with van der Waals surface area (Å²) in [6.07, 6.45) is 4.00. The van der Waals surface area contributed by atoms with Crippen molar-refractivity contribution in [2.75, 3.05) is 19.6 Å². The summed E-state index contributed by atoms with van der Waals surface area (Å²) in [6, 6.07) is 17.7. The summed E-state index contributed by atoms with van der Waals surface area (Å²) in [5.74, 6) is 1.55. The third kappa shape index (κ3) is 4.70. The van der Waals surface area contributed by atoms with Crippen LogP contribution in [0.2, 0.25) is 0 Å². The molecule has 1 nitrogen and oxygen atoms in total. The summed E-state index contributed by atoms with van der Waals surface area (Å²) in [5, 5.41) is 0. The smallest absolute Gasteiger partial charge is 0.0175 e. The first-order chi connectivity index (χ1) is 11.6. The Hall–Kier alpha value is -1.12. The third-order valence-corrected chi connectivity index (χ3v) is 5.94. The number of likely N-dealkylation sites (tertiary alicyclic amines) is 1. The minimum atomic E-state index is 0.628. The number of hydrogen-bond donors (Lipinski definition) is 0. The molecule has 3 rings (SSSR count). The second kappa shape index (κ2) is 8.31. The van der Waals surface area contributed by atoms with Crippen LogP contribution in [0.5, 0.6) is 0 Å². The summed E-state index contributed by atoms with van der Waals surface area (Å²) in [6.45, 7) is 8.56. The van der Waals surface area contributed by atoms with E-state index in [1.165, 1.54) is 55.6 Å². The van der Waals surface area contributed by atoms with Crippen LogP contribution in [0, 0.1) is 5.92 Å². The average molecular weight is 386 g/mol. The third-order valence-electron chi connectivity index (χ3n) is 5.41. The topological polar surface area (TPSA) is 3.24 Å². The van der Waals surface area contributed by atoms with Crippen LogP contribution in [0.1, 0.15) is 44.6 Å². The van der Waals surface area contributed by atoms with E-state index in [-0.39, 0.29) is 0 Å². The molecular weight excluding hydrogens is 358 g/mol. The number of hydrogen-bond acceptors (Lipinski definition) is 1. The second-order valence-corrected chi connectivity index (χ2v) is 8.26. The first kappa shape index (κ1) is 17.7. The Morgan fingerprint density at radius 3 is 2.08 bits per heavy atom. The standard InChI is InChI=1S/C22H28BrN/c1-17-11-14-24(15-12-17)16-13-18(2)19-3-5-20(6-4-19)21-7-9-22(23)10-8-21/h3-10,17-18H,11-16H2,1-2H3. The van der Waals surface area contributed by atoms with Crippen molar-refractivity contribution in [3.05, 3.63) is 58.6 Å². The predicted molar refractivity (Wildman–Crippen MR) is 107 cm³/mol. The lowest BCUT2D eigenvalue weighted by atomic mass is 9.94. The van der Waals surface area contributed by atoms with E-state index in [0.717, 1.165) is 10.4 Å². The number of piperidine rings is 1. The zero-order valence-corrected chi connectivity index (χ0v) is 16.4. The van der Waals surface area contributed by atoms with Gasteiger partial charge in [0.1, 0.15) is 0 Å². The summed E-state index contributed by atoms with van der Waals surface area (Å²) in [7, 11) is 0. The van der Waals surface area contributed by atoms with Crippen molar-refractivity contribution in [1.82, 2.24) is 4.90 Å². The average Bonchev–Trinajstić information content (AvgIpc) is 2.62. The van der Waals surface area contributed by atoms with Crippen LogP contribution in [0.4, 0.5) is 0 Å². The number of halogens is 1. The van der Waals surface area contributed by atoms with Crippen LogP contribution in [0.3, 0.4) is 0 Å². The maximum atomic E-state index is 3.50. The quantitative estimate of drug-likeness (QED) is 0.579. The van der Waals surface area contributed by atoms with Gasteiger partial charge in [-0.1, -0.05) is 66.2 Å². The Kier molecular flexibility index (Phi) is 6.13. The molecule has 1 aliphatic rings. The van der Waals surface area contributed by atoms with Gasteiger partial charge < -0.3 is 4.90 Å². The van der Waals surface area contributed by atoms with Crippen LogP contribution in [-0.2, 0) is 0 Å². The second-order valence-electron chi connectivity index (χ2n) is 7.34. The van der Waals surface area contributed by atoms with Crippen molar-refractivity contribution >= 4 is 15.9 Å². The van der Waals surface area contributed by atoms with E-state index in [4.69, 9.17) is 0 Å². The molecule has 1 aliphatic heterocycles. The molecule has 2 aromatic carbocycles. The number of benzene rings is 2. The van der Waals surface area contributed by atoms with E-state index in [1.807, 2.05) is 0 Å². The van der Waals surface area contributed by atoms with Crippen molar-refractivity contribution < 1.29 is 0 Å². The normalized spacial score (nSPS) is 17.8. The maximum Gasteiger partial charge on any atom is 0.0175 e. The predicted octanol–water partition coefficient (Wildman–Crippen LogP) is 6.34. The zero-order valence-electron chi connectivity index (χ0n) is 14.8. The van der Waals surface area contributed by atoms with Crippen molar-refractivity contribution in [3.63, 3.8) is 0 Å². The molecule has 1 fully saturated rings. The Morgan fingerprint density at radius 1 is 0.958 bits per heavy atom. The Balaban J connectivity index is 1.55. The van der Waals surface area contributed by atoms with Crippen molar-refractivity contribution in [2.24, 2.45) is 5.92 Å². The molecule has 24 heavy (non-hydrogen) atoms. The van der Waals surface area contributed by atoms with Crippen molar-refractivity contribution in [3.8, 4) is 11.1 Å². The van der Waals surface area contributed by atoms with E-state index < -0.39 is 0 Å². The summed E-state index contributed by atoms with van der Waals surface area (Å²) in [5.41, 5.74) is 4.03. The van der Waals surface area contributed by atoms with E-state index in [9.17, 15) is 0 Å². The van der Waals surface area contributed by atoms with Gasteiger partial charge in [0, 0.05) is 4.47 Å². The molecule has 0 radical (unpaired) electrons. The van der Waals surface area contributed by atoms with Crippen molar-refractivity contribution in [2.45, 2.75) is 39.0 Å². The van der Waals surface area contributed by atoms with E-state index in [0.29, 0.717) is 5.92 Å². The van der Waals surface area contributed by atoms with Crippen LogP contribution in [-0.4, -0.2) is 24.5 Å². The first-order valence-electron chi connectivity index (χ1n) is 9.20. The molecule has 1 unspecified atom stereocenters. The zero-order chi connectivity index (χ0) is 16.9.